The third kappa shape index (κ3) is 5.28. The zero-order valence-electron chi connectivity index (χ0n) is 13.5. The average molecular weight is 358 g/mol. The summed E-state index contributed by atoms with van der Waals surface area (Å²) in [7, 11) is 0. The molecule has 0 aromatic carbocycles. The van der Waals surface area contributed by atoms with Gasteiger partial charge in [0.25, 0.3) is 0 Å². The van der Waals surface area contributed by atoms with Crippen molar-refractivity contribution in [3.05, 3.63) is 64.1 Å². The van der Waals surface area contributed by atoms with Gasteiger partial charge < -0.3 is 5.32 Å². The first kappa shape index (κ1) is 16.9. The zero-order valence-corrected chi connectivity index (χ0v) is 15.1. The van der Waals surface area contributed by atoms with E-state index in [1.165, 1.54) is 10.6 Å². The second kappa shape index (κ2) is 8.75. The molecule has 0 unspecified atom stereocenters. The highest BCUT2D eigenvalue weighted by Gasteiger charge is 2.01. The lowest BCUT2D eigenvalue weighted by Crippen LogP contribution is -2.07. The molecule has 0 saturated carbocycles. The topological polar surface area (TPSA) is 63.6 Å². The maximum absolute atomic E-state index is 4.38. The number of anilines is 1. The van der Waals surface area contributed by atoms with E-state index in [-0.39, 0.29) is 0 Å². The first-order chi connectivity index (χ1) is 11.8. The van der Waals surface area contributed by atoms with Crippen molar-refractivity contribution in [1.82, 2.24) is 19.9 Å². The van der Waals surface area contributed by atoms with Gasteiger partial charge in [-0.2, -0.15) is 11.8 Å². The van der Waals surface area contributed by atoms with Crippen LogP contribution < -0.4 is 5.32 Å². The summed E-state index contributed by atoms with van der Waals surface area (Å²) in [6, 6.07) is 4.11. The Bertz CT molecular complexity index is 727. The Morgan fingerprint density at radius 2 is 1.88 bits per heavy atom. The molecule has 3 rings (SSSR count). The Hall–Kier alpha value is -1.99. The van der Waals surface area contributed by atoms with Crippen LogP contribution in [0.15, 0.2) is 42.3 Å². The summed E-state index contributed by atoms with van der Waals surface area (Å²) in [6.07, 6.45) is 8.30. The third-order valence-electron chi connectivity index (χ3n) is 3.32. The van der Waals surface area contributed by atoms with Crippen molar-refractivity contribution in [1.29, 1.82) is 0 Å². The van der Waals surface area contributed by atoms with Crippen LogP contribution in [0.3, 0.4) is 0 Å². The zero-order chi connectivity index (χ0) is 16.6. The number of hydrogen-bond acceptors (Lipinski definition) is 7. The number of nitrogens with zero attached hydrogens (tertiary/aromatic N) is 4. The number of nitrogens with one attached hydrogen (secondary N) is 1. The molecule has 0 radical (unpaired) electrons. The molecule has 0 aliphatic heterocycles. The molecule has 24 heavy (non-hydrogen) atoms. The molecule has 124 valence electrons. The first-order valence-corrected chi connectivity index (χ1v) is 9.75. The molecule has 0 atom stereocenters. The Labute approximate surface area is 150 Å². The van der Waals surface area contributed by atoms with Crippen LogP contribution in [0.5, 0.6) is 0 Å². The van der Waals surface area contributed by atoms with Crippen molar-refractivity contribution >= 4 is 29.0 Å². The minimum absolute atomic E-state index is 0.677. The molecule has 3 aromatic heterocycles. The van der Waals surface area contributed by atoms with Gasteiger partial charge in [-0.05, 0) is 24.1 Å². The van der Waals surface area contributed by atoms with E-state index >= 15 is 0 Å². The van der Waals surface area contributed by atoms with Crippen LogP contribution in [0.4, 0.5) is 5.95 Å². The van der Waals surface area contributed by atoms with Crippen LogP contribution in [-0.2, 0) is 12.2 Å². The predicted molar refractivity (Wildman–Crippen MR) is 101 cm³/mol. The fourth-order valence-corrected chi connectivity index (χ4v) is 3.66. The molecule has 5 nitrogen and oxygen atoms in total. The number of thiazole rings is 1. The fraction of sp³-hybridized carbons (Fsp3) is 0.294. The molecule has 3 heterocycles. The predicted octanol–water partition coefficient (Wildman–Crippen LogP) is 3.57. The molecule has 0 saturated heterocycles. The van der Waals surface area contributed by atoms with Gasteiger partial charge in [-0.15, -0.1) is 11.3 Å². The number of pyridine rings is 1. The number of hydrogen-bond donors (Lipinski definition) is 1. The monoisotopic (exact) mass is 357 g/mol. The molecule has 7 heteroatoms. The van der Waals surface area contributed by atoms with E-state index in [4.69, 9.17) is 0 Å². The average Bonchev–Trinajstić information content (AvgIpc) is 3.12. The molecule has 0 amide bonds. The van der Waals surface area contributed by atoms with Crippen molar-refractivity contribution < 1.29 is 0 Å². The number of aryl methyl sites for hydroxylation is 1. The van der Waals surface area contributed by atoms with Gasteiger partial charge in [0.05, 0.1) is 0 Å². The van der Waals surface area contributed by atoms with Gasteiger partial charge >= 0.3 is 0 Å². The van der Waals surface area contributed by atoms with Crippen molar-refractivity contribution in [2.24, 2.45) is 0 Å². The van der Waals surface area contributed by atoms with Crippen LogP contribution in [0, 0.1) is 6.92 Å². The highest BCUT2D eigenvalue weighted by atomic mass is 32.2. The summed E-state index contributed by atoms with van der Waals surface area (Å²) in [6.45, 7) is 2.83. The third-order valence-corrected chi connectivity index (χ3v) is 5.26. The van der Waals surface area contributed by atoms with Gasteiger partial charge in [-0.1, -0.05) is 6.07 Å². The van der Waals surface area contributed by atoms with E-state index in [2.05, 4.69) is 31.3 Å². The molecule has 3 aromatic rings. The second-order valence-electron chi connectivity index (χ2n) is 5.30. The number of thioether (sulfide) groups is 1. The Morgan fingerprint density at radius 3 is 2.58 bits per heavy atom. The minimum atomic E-state index is 0.677. The second-order valence-corrected chi connectivity index (χ2v) is 7.39. The van der Waals surface area contributed by atoms with Gasteiger partial charge in [-0.25, -0.2) is 15.0 Å². The molecule has 0 fully saturated rings. The first-order valence-electron chi connectivity index (χ1n) is 7.72. The van der Waals surface area contributed by atoms with Gasteiger partial charge in [-0.3, -0.25) is 4.98 Å². The lowest BCUT2D eigenvalue weighted by atomic mass is 10.1. The summed E-state index contributed by atoms with van der Waals surface area (Å²) >= 11 is 3.56. The van der Waals surface area contributed by atoms with Crippen molar-refractivity contribution in [3.8, 4) is 0 Å². The maximum Gasteiger partial charge on any atom is 0.222 e. The maximum atomic E-state index is 4.38. The lowest BCUT2D eigenvalue weighted by molar-refractivity contribution is 1.03. The van der Waals surface area contributed by atoms with Gasteiger partial charge in [0.1, 0.15) is 5.01 Å². The van der Waals surface area contributed by atoms with Crippen molar-refractivity contribution in [3.63, 3.8) is 0 Å². The van der Waals surface area contributed by atoms with E-state index in [9.17, 15) is 0 Å². The quantitative estimate of drug-likeness (QED) is 0.622. The van der Waals surface area contributed by atoms with Crippen LogP contribution >= 0.6 is 23.1 Å². The van der Waals surface area contributed by atoms with Gasteiger partial charge in [0.15, 0.2) is 0 Å². The molecule has 0 aliphatic carbocycles. The summed E-state index contributed by atoms with van der Waals surface area (Å²) in [5.41, 5.74) is 3.29. The smallest absolute Gasteiger partial charge is 0.222 e. The molecular formula is C17H19N5S2. The van der Waals surface area contributed by atoms with Gasteiger partial charge in [0.2, 0.25) is 5.95 Å². The van der Waals surface area contributed by atoms with Crippen LogP contribution in [0.2, 0.25) is 0 Å². The van der Waals surface area contributed by atoms with E-state index in [1.54, 1.807) is 11.3 Å². The Kier molecular flexibility index (Phi) is 6.14. The summed E-state index contributed by atoms with van der Waals surface area (Å²) in [5, 5.41) is 6.43. The van der Waals surface area contributed by atoms with E-state index in [0.717, 1.165) is 35.7 Å². The molecule has 0 aliphatic rings. The van der Waals surface area contributed by atoms with Crippen molar-refractivity contribution in [2.45, 2.75) is 19.1 Å². The largest absolute Gasteiger partial charge is 0.353 e. The highest BCUT2D eigenvalue weighted by Crippen LogP contribution is 2.14. The molecule has 0 bridgehead atoms. The highest BCUT2D eigenvalue weighted by molar-refractivity contribution is 7.98. The van der Waals surface area contributed by atoms with Crippen LogP contribution in [0.1, 0.15) is 21.8 Å². The van der Waals surface area contributed by atoms with E-state index < -0.39 is 0 Å². The SMILES string of the molecule is Cc1ccc(Cc2cnc(NCCSCc3nccs3)nc2)cn1. The van der Waals surface area contributed by atoms with E-state index in [0.29, 0.717) is 5.95 Å². The summed E-state index contributed by atoms with van der Waals surface area (Å²) in [5.74, 6) is 2.64. The summed E-state index contributed by atoms with van der Waals surface area (Å²) < 4.78 is 0. The van der Waals surface area contributed by atoms with Crippen LogP contribution in [-0.4, -0.2) is 32.2 Å². The van der Waals surface area contributed by atoms with E-state index in [1.807, 2.05) is 54.9 Å². The normalized spacial score (nSPS) is 10.7. The number of rotatable bonds is 8. The Balaban J connectivity index is 1.40. The molecule has 0 spiro atoms. The number of aromatic nitrogens is 4. The summed E-state index contributed by atoms with van der Waals surface area (Å²) in [4.78, 5) is 17.3. The fourth-order valence-electron chi connectivity index (χ4n) is 2.09. The lowest BCUT2D eigenvalue weighted by Gasteiger charge is -2.05. The molecule has 1 N–H and O–H groups in total. The van der Waals surface area contributed by atoms with Crippen molar-refractivity contribution in [2.75, 3.05) is 17.6 Å². The Morgan fingerprint density at radius 1 is 1.04 bits per heavy atom. The van der Waals surface area contributed by atoms with Crippen LogP contribution in [0.25, 0.3) is 0 Å². The standard InChI is InChI=1S/C17H19N5S2/c1-13-2-3-14(9-20-13)8-15-10-21-17(22-11-15)19-4-6-23-12-16-18-5-7-24-16/h2-3,5,7,9-11H,4,6,8,12H2,1H3,(H,19,21,22). The minimum Gasteiger partial charge on any atom is -0.353 e. The molecular weight excluding hydrogens is 338 g/mol. The van der Waals surface area contributed by atoms with Gasteiger partial charge in [0, 0.05) is 60.3 Å².